The zero-order chi connectivity index (χ0) is 16.8. The van der Waals surface area contributed by atoms with Gasteiger partial charge in [-0.25, -0.2) is 9.48 Å². The first-order valence-electron chi connectivity index (χ1n) is 7.76. The predicted octanol–water partition coefficient (Wildman–Crippen LogP) is 3.16. The first-order chi connectivity index (χ1) is 11.1. The number of hydrogen-bond acceptors (Lipinski definition) is 5. The van der Waals surface area contributed by atoms with Gasteiger partial charge in [-0.15, -0.1) is 5.10 Å². The van der Waals surface area contributed by atoms with Crippen LogP contribution in [0.5, 0.6) is 0 Å². The van der Waals surface area contributed by atoms with E-state index in [9.17, 15) is 9.59 Å². The van der Waals surface area contributed by atoms with E-state index in [1.165, 1.54) is 0 Å². The smallest absolute Gasteiger partial charge is 0.338 e. The van der Waals surface area contributed by atoms with E-state index in [0.717, 1.165) is 18.5 Å². The van der Waals surface area contributed by atoms with Gasteiger partial charge in [-0.2, -0.15) is 0 Å². The summed E-state index contributed by atoms with van der Waals surface area (Å²) in [7, 11) is 0. The van der Waals surface area contributed by atoms with Crippen LogP contribution in [0.2, 0.25) is 0 Å². The lowest BCUT2D eigenvalue weighted by Gasteiger charge is -2.11. The zero-order valence-corrected chi connectivity index (χ0v) is 13.7. The van der Waals surface area contributed by atoms with Crippen molar-refractivity contribution in [3.05, 3.63) is 41.2 Å². The highest BCUT2D eigenvalue weighted by Gasteiger charge is 2.18. The van der Waals surface area contributed by atoms with Crippen molar-refractivity contribution in [3.8, 4) is 5.69 Å². The Hall–Kier alpha value is -2.50. The number of esters is 1. The molecule has 0 fully saturated rings. The van der Waals surface area contributed by atoms with Crippen LogP contribution in [0.25, 0.3) is 5.69 Å². The van der Waals surface area contributed by atoms with Gasteiger partial charge in [-0.1, -0.05) is 38.5 Å². The number of ether oxygens (including phenoxy) is 1. The maximum atomic E-state index is 12.1. The standard InChI is InChI=1S/C17H21N3O3/c1-4-5-9-23-17(22)13-7-6-8-14(10-13)20-16(12(2)3)15(11-21)18-19-20/h6-8,10-12H,4-5,9H2,1-3H3. The number of benzene rings is 1. The SMILES string of the molecule is CCCCOC(=O)c1cccc(-n2nnc(C=O)c2C(C)C)c1. The Balaban J connectivity index is 2.32. The minimum absolute atomic E-state index is 0.0744. The molecule has 23 heavy (non-hydrogen) atoms. The number of carbonyl (C=O) groups excluding carboxylic acids is 2. The number of unbranched alkanes of at least 4 members (excludes halogenated alkanes) is 1. The highest BCUT2D eigenvalue weighted by molar-refractivity contribution is 5.90. The van der Waals surface area contributed by atoms with Gasteiger partial charge in [0.15, 0.2) is 6.29 Å². The summed E-state index contributed by atoms with van der Waals surface area (Å²) in [6, 6.07) is 6.98. The molecule has 0 bridgehead atoms. The first-order valence-corrected chi connectivity index (χ1v) is 7.76. The molecule has 0 radical (unpaired) electrons. The molecule has 0 saturated carbocycles. The first kappa shape index (κ1) is 16.9. The fraction of sp³-hybridized carbons (Fsp3) is 0.412. The van der Waals surface area contributed by atoms with E-state index in [1.54, 1.807) is 22.9 Å². The normalized spacial score (nSPS) is 10.8. The third kappa shape index (κ3) is 3.83. The molecule has 0 aliphatic heterocycles. The molecule has 1 heterocycles. The number of nitrogens with zero attached hydrogens (tertiary/aromatic N) is 3. The van der Waals surface area contributed by atoms with Crippen molar-refractivity contribution in [2.75, 3.05) is 6.61 Å². The average Bonchev–Trinajstić information content (AvgIpc) is 2.99. The Kier molecular flexibility index (Phi) is 5.62. The van der Waals surface area contributed by atoms with E-state index in [2.05, 4.69) is 10.3 Å². The van der Waals surface area contributed by atoms with Crippen LogP contribution in [0.4, 0.5) is 0 Å². The van der Waals surface area contributed by atoms with Gasteiger partial charge in [-0.3, -0.25) is 4.79 Å². The minimum Gasteiger partial charge on any atom is -0.462 e. The van der Waals surface area contributed by atoms with Crippen molar-refractivity contribution in [3.63, 3.8) is 0 Å². The highest BCUT2D eigenvalue weighted by Crippen LogP contribution is 2.21. The van der Waals surface area contributed by atoms with E-state index in [1.807, 2.05) is 26.8 Å². The number of aromatic nitrogens is 3. The van der Waals surface area contributed by atoms with Gasteiger partial charge in [0.2, 0.25) is 0 Å². The Morgan fingerprint density at radius 1 is 1.39 bits per heavy atom. The van der Waals surface area contributed by atoms with Crippen LogP contribution in [0.1, 0.15) is 66.1 Å². The Morgan fingerprint density at radius 2 is 2.17 bits per heavy atom. The van der Waals surface area contributed by atoms with Gasteiger partial charge in [0, 0.05) is 0 Å². The summed E-state index contributed by atoms with van der Waals surface area (Å²) < 4.78 is 6.82. The van der Waals surface area contributed by atoms with E-state index >= 15 is 0 Å². The Morgan fingerprint density at radius 3 is 2.83 bits per heavy atom. The topological polar surface area (TPSA) is 74.1 Å². The molecular weight excluding hydrogens is 294 g/mol. The summed E-state index contributed by atoms with van der Waals surface area (Å²) in [4.78, 5) is 23.2. The van der Waals surface area contributed by atoms with Crippen LogP contribution in [0.15, 0.2) is 24.3 Å². The fourth-order valence-corrected chi connectivity index (χ4v) is 2.27. The molecule has 6 nitrogen and oxygen atoms in total. The molecule has 0 unspecified atom stereocenters. The molecule has 0 spiro atoms. The van der Waals surface area contributed by atoms with Crippen LogP contribution in [0, 0.1) is 0 Å². The second-order valence-electron chi connectivity index (χ2n) is 5.58. The summed E-state index contributed by atoms with van der Waals surface area (Å²) in [5.41, 5.74) is 2.17. The molecule has 6 heteroatoms. The molecule has 0 atom stereocenters. The number of carbonyl (C=O) groups is 2. The largest absolute Gasteiger partial charge is 0.462 e. The van der Waals surface area contributed by atoms with Crippen molar-refractivity contribution in [2.24, 2.45) is 0 Å². The highest BCUT2D eigenvalue weighted by atomic mass is 16.5. The van der Waals surface area contributed by atoms with Crippen molar-refractivity contribution in [2.45, 2.75) is 39.5 Å². The Labute approximate surface area is 135 Å². The summed E-state index contributed by atoms with van der Waals surface area (Å²) in [6.45, 7) is 6.38. The van der Waals surface area contributed by atoms with E-state index in [0.29, 0.717) is 29.8 Å². The van der Waals surface area contributed by atoms with Gasteiger partial charge < -0.3 is 4.74 Å². The van der Waals surface area contributed by atoms with Crippen molar-refractivity contribution >= 4 is 12.3 Å². The maximum absolute atomic E-state index is 12.1. The molecule has 1 aromatic carbocycles. The second kappa shape index (κ2) is 7.67. The summed E-state index contributed by atoms with van der Waals surface area (Å²) in [6.07, 6.45) is 2.51. The average molecular weight is 315 g/mol. The van der Waals surface area contributed by atoms with Crippen LogP contribution in [0.3, 0.4) is 0 Å². The number of rotatable bonds is 7. The molecule has 0 amide bonds. The third-order valence-corrected chi connectivity index (χ3v) is 3.45. The van der Waals surface area contributed by atoms with Gasteiger partial charge in [0.05, 0.1) is 23.6 Å². The van der Waals surface area contributed by atoms with E-state index in [4.69, 9.17) is 4.74 Å². The molecule has 0 aliphatic rings. The lowest BCUT2D eigenvalue weighted by atomic mass is 10.1. The zero-order valence-electron chi connectivity index (χ0n) is 13.7. The Bertz CT molecular complexity index is 692. The predicted molar refractivity (Wildman–Crippen MR) is 86.0 cm³/mol. The molecule has 2 aromatic rings. The van der Waals surface area contributed by atoms with Crippen LogP contribution in [-0.4, -0.2) is 33.9 Å². The molecular formula is C17H21N3O3. The monoisotopic (exact) mass is 315 g/mol. The summed E-state index contributed by atoms with van der Waals surface area (Å²) in [5, 5.41) is 7.93. The molecule has 122 valence electrons. The summed E-state index contributed by atoms with van der Waals surface area (Å²) in [5.74, 6) is -0.285. The summed E-state index contributed by atoms with van der Waals surface area (Å²) >= 11 is 0. The van der Waals surface area contributed by atoms with Crippen LogP contribution in [-0.2, 0) is 4.74 Å². The quantitative estimate of drug-likeness (QED) is 0.446. The van der Waals surface area contributed by atoms with Gasteiger partial charge >= 0.3 is 5.97 Å². The molecule has 0 N–H and O–H groups in total. The van der Waals surface area contributed by atoms with Crippen LogP contribution < -0.4 is 0 Å². The maximum Gasteiger partial charge on any atom is 0.338 e. The lowest BCUT2D eigenvalue weighted by molar-refractivity contribution is 0.0499. The molecule has 2 rings (SSSR count). The van der Waals surface area contributed by atoms with Gasteiger partial charge in [0.25, 0.3) is 0 Å². The van der Waals surface area contributed by atoms with E-state index < -0.39 is 0 Å². The van der Waals surface area contributed by atoms with Crippen molar-refractivity contribution < 1.29 is 14.3 Å². The van der Waals surface area contributed by atoms with Gasteiger partial charge in [0.1, 0.15) is 5.69 Å². The lowest BCUT2D eigenvalue weighted by Crippen LogP contribution is -2.09. The van der Waals surface area contributed by atoms with Gasteiger partial charge in [-0.05, 0) is 30.5 Å². The fourth-order valence-electron chi connectivity index (χ4n) is 2.27. The molecule has 0 aliphatic carbocycles. The van der Waals surface area contributed by atoms with Crippen molar-refractivity contribution in [1.82, 2.24) is 15.0 Å². The number of hydrogen-bond donors (Lipinski definition) is 0. The second-order valence-corrected chi connectivity index (χ2v) is 5.58. The van der Waals surface area contributed by atoms with E-state index in [-0.39, 0.29) is 11.9 Å². The third-order valence-electron chi connectivity index (χ3n) is 3.45. The number of aldehydes is 1. The molecule has 0 saturated heterocycles. The molecule has 1 aromatic heterocycles. The van der Waals surface area contributed by atoms with Crippen LogP contribution >= 0.6 is 0 Å². The minimum atomic E-state index is -0.359. The van der Waals surface area contributed by atoms with Crippen molar-refractivity contribution in [1.29, 1.82) is 0 Å².